The zero-order chi connectivity index (χ0) is 19.7. The number of carbonyl (C=O) groups is 1. The fraction of sp³-hybridized carbons (Fsp3) is 0.650. The number of halogens is 1. The van der Waals surface area contributed by atoms with Gasteiger partial charge in [-0.25, -0.2) is 13.1 Å². The number of carbonyl (C=O) groups excluding carboxylic acids is 1. The molecular weight excluding hydrogens is 384 g/mol. The maximum Gasteiger partial charge on any atom is 0.252 e. The average Bonchev–Trinajstić information content (AvgIpc) is 3.34. The molecule has 1 aromatic carbocycles. The lowest BCUT2D eigenvalue weighted by Crippen LogP contribution is -2.55. The van der Waals surface area contributed by atoms with Gasteiger partial charge in [-0.1, -0.05) is 37.4 Å². The molecule has 2 saturated carbocycles. The highest BCUT2D eigenvalue weighted by molar-refractivity contribution is 7.89. The van der Waals surface area contributed by atoms with Crippen molar-refractivity contribution >= 4 is 27.5 Å². The molecule has 0 aliphatic heterocycles. The largest absolute Gasteiger partial charge is 0.351 e. The van der Waals surface area contributed by atoms with E-state index in [4.69, 9.17) is 11.6 Å². The third-order valence-corrected chi connectivity index (χ3v) is 7.54. The van der Waals surface area contributed by atoms with Crippen LogP contribution in [0.5, 0.6) is 0 Å². The van der Waals surface area contributed by atoms with Gasteiger partial charge in [-0.15, -0.1) is 0 Å². The van der Waals surface area contributed by atoms with Crippen molar-refractivity contribution < 1.29 is 13.2 Å². The highest BCUT2D eigenvalue weighted by Gasteiger charge is 2.48. The summed E-state index contributed by atoms with van der Waals surface area (Å²) in [7, 11) is -3.19. The minimum absolute atomic E-state index is 0.00655. The Kier molecular flexibility index (Phi) is 6.18. The third-order valence-electron chi connectivity index (χ3n) is 5.59. The molecule has 0 saturated heterocycles. The number of hydrogen-bond donors (Lipinski definition) is 2. The number of benzene rings is 1. The molecule has 2 aliphatic rings. The number of nitrogens with one attached hydrogen (secondary N) is 2. The number of amides is 1. The van der Waals surface area contributed by atoms with Gasteiger partial charge in [0.2, 0.25) is 10.0 Å². The maximum absolute atomic E-state index is 12.6. The van der Waals surface area contributed by atoms with E-state index < -0.39 is 10.0 Å². The van der Waals surface area contributed by atoms with Crippen molar-refractivity contribution in [2.45, 2.75) is 58.4 Å². The first-order valence-electron chi connectivity index (χ1n) is 9.76. The van der Waals surface area contributed by atoms with Crippen molar-refractivity contribution in [2.24, 2.45) is 11.3 Å². The Morgan fingerprint density at radius 3 is 2.59 bits per heavy atom. The minimum atomic E-state index is -3.19. The van der Waals surface area contributed by atoms with Gasteiger partial charge in [0.1, 0.15) is 0 Å². The number of rotatable bonds is 9. The highest BCUT2D eigenvalue weighted by atomic mass is 35.5. The second kappa shape index (κ2) is 8.10. The molecule has 0 heterocycles. The molecule has 27 heavy (non-hydrogen) atoms. The summed E-state index contributed by atoms with van der Waals surface area (Å²) >= 11 is 6.20. The minimum Gasteiger partial charge on any atom is -0.351 e. The number of aryl methyl sites for hydroxylation is 1. The van der Waals surface area contributed by atoms with Gasteiger partial charge >= 0.3 is 0 Å². The van der Waals surface area contributed by atoms with Crippen LogP contribution in [0.4, 0.5) is 0 Å². The molecule has 5 nitrogen and oxygen atoms in total. The fourth-order valence-electron chi connectivity index (χ4n) is 4.14. The van der Waals surface area contributed by atoms with Gasteiger partial charge < -0.3 is 5.32 Å². The topological polar surface area (TPSA) is 75.3 Å². The molecule has 0 unspecified atom stereocenters. The second-order valence-corrected chi connectivity index (χ2v) is 10.6. The molecule has 3 rings (SSSR count). The Labute approximate surface area is 167 Å². The van der Waals surface area contributed by atoms with E-state index >= 15 is 0 Å². The lowest BCUT2D eigenvalue weighted by molar-refractivity contribution is 0.0661. The predicted octanol–water partition coefficient (Wildman–Crippen LogP) is 3.66. The van der Waals surface area contributed by atoms with Crippen molar-refractivity contribution in [2.75, 3.05) is 12.3 Å². The van der Waals surface area contributed by atoms with E-state index in [0.717, 1.165) is 30.7 Å². The zero-order valence-corrected chi connectivity index (χ0v) is 17.6. The summed E-state index contributed by atoms with van der Waals surface area (Å²) in [4.78, 5) is 12.6. The summed E-state index contributed by atoms with van der Waals surface area (Å²) in [5.41, 5.74) is 1.50. The molecule has 2 aliphatic carbocycles. The molecule has 2 N–H and O–H groups in total. The molecule has 0 radical (unpaired) electrons. The van der Waals surface area contributed by atoms with Crippen LogP contribution in [0.2, 0.25) is 5.02 Å². The first-order valence-corrected chi connectivity index (χ1v) is 11.8. The van der Waals surface area contributed by atoms with Crippen LogP contribution in [-0.4, -0.2) is 32.7 Å². The van der Waals surface area contributed by atoms with Crippen molar-refractivity contribution in [1.82, 2.24) is 10.0 Å². The molecule has 0 aromatic heterocycles. The smallest absolute Gasteiger partial charge is 0.252 e. The van der Waals surface area contributed by atoms with Gasteiger partial charge in [0.25, 0.3) is 5.91 Å². The summed E-state index contributed by atoms with van der Waals surface area (Å²) in [6, 6.07) is 5.41. The zero-order valence-electron chi connectivity index (χ0n) is 16.1. The van der Waals surface area contributed by atoms with Gasteiger partial charge in [-0.2, -0.15) is 0 Å². The first-order chi connectivity index (χ1) is 12.7. The van der Waals surface area contributed by atoms with Gasteiger partial charge in [0, 0.05) is 12.6 Å². The standard InChI is InChI=1S/C20H29ClN2O3S/c1-3-8-27(25,26)23-16-11-20(12-16,10-15-5-6-15)13-22-19(24)17-7-4-14(2)9-18(17)21/h4,7,9,15-16,23H,3,5-6,8,10-13H2,1-2H3,(H,22,24)/t16-,20-. The lowest BCUT2D eigenvalue weighted by Gasteiger charge is -2.48. The van der Waals surface area contributed by atoms with E-state index in [1.165, 1.54) is 12.8 Å². The highest BCUT2D eigenvalue weighted by Crippen LogP contribution is 2.51. The molecule has 0 bridgehead atoms. The van der Waals surface area contributed by atoms with Crippen LogP contribution in [-0.2, 0) is 10.0 Å². The van der Waals surface area contributed by atoms with Crippen molar-refractivity contribution in [3.8, 4) is 0 Å². The summed E-state index contributed by atoms with van der Waals surface area (Å²) in [6.45, 7) is 4.37. The molecule has 150 valence electrons. The van der Waals surface area contributed by atoms with Crippen LogP contribution in [0.15, 0.2) is 18.2 Å². The van der Waals surface area contributed by atoms with E-state index in [1.54, 1.807) is 12.1 Å². The van der Waals surface area contributed by atoms with E-state index in [9.17, 15) is 13.2 Å². The van der Waals surface area contributed by atoms with Crippen molar-refractivity contribution in [1.29, 1.82) is 0 Å². The van der Waals surface area contributed by atoms with E-state index in [0.29, 0.717) is 23.6 Å². The predicted molar refractivity (Wildman–Crippen MR) is 109 cm³/mol. The van der Waals surface area contributed by atoms with E-state index in [2.05, 4.69) is 10.0 Å². The van der Waals surface area contributed by atoms with E-state index in [1.807, 2.05) is 19.9 Å². The summed E-state index contributed by atoms with van der Waals surface area (Å²) in [5.74, 6) is 0.727. The monoisotopic (exact) mass is 412 g/mol. The number of hydrogen-bond acceptors (Lipinski definition) is 3. The molecule has 0 spiro atoms. The molecule has 0 atom stereocenters. The summed E-state index contributed by atoms with van der Waals surface area (Å²) in [6.07, 6.45) is 5.73. The van der Waals surface area contributed by atoms with Crippen LogP contribution in [0, 0.1) is 18.3 Å². The molecule has 2 fully saturated rings. The van der Waals surface area contributed by atoms with Crippen LogP contribution in [0.25, 0.3) is 0 Å². The van der Waals surface area contributed by atoms with Crippen molar-refractivity contribution in [3.05, 3.63) is 34.3 Å². The summed E-state index contributed by atoms with van der Waals surface area (Å²) < 4.78 is 26.8. The lowest BCUT2D eigenvalue weighted by atomic mass is 9.63. The molecule has 7 heteroatoms. The van der Waals surface area contributed by atoms with Gasteiger partial charge in [0.05, 0.1) is 16.3 Å². The Balaban J connectivity index is 1.59. The summed E-state index contributed by atoms with van der Waals surface area (Å²) in [5, 5.41) is 3.50. The van der Waals surface area contributed by atoms with E-state index in [-0.39, 0.29) is 23.1 Å². The van der Waals surface area contributed by atoms with Gasteiger partial charge in [-0.3, -0.25) is 4.79 Å². The number of sulfonamides is 1. The maximum atomic E-state index is 12.6. The first kappa shape index (κ1) is 20.6. The molecule has 1 aromatic rings. The SMILES string of the molecule is CCCS(=O)(=O)N[C@H]1C[C@@](CNC(=O)c2ccc(C)cc2Cl)(CC2CC2)C1. The molecular formula is C20H29ClN2O3S. The normalized spacial score (nSPS) is 25.1. The van der Waals surface area contributed by atoms with Crippen molar-refractivity contribution in [3.63, 3.8) is 0 Å². The average molecular weight is 413 g/mol. The van der Waals surface area contributed by atoms with Crippen LogP contribution < -0.4 is 10.0 Å². The van der Waals surface area contributed by atoms with Crippen LogP contribution >= 0.6 is 11.6 Å². The fourth-order valence-corrected chi connectivity index (χ4v) is 5.79. The van der Waals surface area contributed by atoms with Gasteiger partial charge in [0.15, 0.2) is 0 Å². The Morgan fingerprint density at radius 1 is 1.30 bits per heavy atom. The Morgan fingerprint density at radius 2 is 2.00 bits per heavy atom. The Bertz CT molecular complexity index is 799. The third kappa shape index (κ3) is 5.46. The van der Waals surface area contributed by atoms with Crippen LogP contribution in [0.3, 0.4) is 0 Å². The Hall–Kier alpha value is -1.11. The van der Waals surface area contributed by atoms with Crippen LogP contribution in [0.1, 0.15) is 61.4 Å². The quantitative estimate of drug-likeness (QED) is 0.649. The second-order valence-electron chi connectivity index (χ2n) is 8.36. The molecule has 1 amide bonds. The van der Waals surface area contributed by atoms with Gasteiger partial charge in [-0.05, 0) is 61.6 Å².